The summed E-state index contributed by atoms with van der Waals surface area (Å²) in [6.07, 6.45) is 7.05. The molecule has 1 aliphatic carbocycles. The molecule has 0 unspecified atom stereocenters. The molecular formula is C22H24N2O3S. The first-order valence-electron chi connectivity index (χ1n) is 9.64. The van der Waals surface area contributed by atoms with Crippen molar-refractivity contribution < 1.29 is 13.2 Å². The van der Waals surface area contributed by atoms with E-state index < -0.39 is 10.0 Å². The normalized spacial score (nSPS) is 17.0. The van der Waals surface area contributed by atoms with Gasteiger partial charge < -0.3 is 4.90 Å². The zero-order chi connectivity index (χ0) is 19.7. The minimum atomic E-state index is -3.45. The van der Waals surface area contributed by atoms with Gasteiger partial charge in [-0.25, -0.2) is 13.1 Å². The lowest BCUT2D eigenvalue weighted by Gasteiger charge is -2.29. The largest absolute Gasteiger partial charge is 0.309 e. The molecule has 2 aromatic carbocycles. The summed E-state index contributed by atoms with van der Waals surface area (Å²) in [4.78, 5) is 14.8. The Labute approximate surface area is 166 Å². The third-order valence-corrected chi connectivity index (χ3v) is 6.66. The van der Waals surface area contributed by atoms with Crippen LogP contribution in [-0.4, -0.2) is 26.9 Å². The molecule has 28 heavy (non-hydrogen) atoms. The van der Waals surface area contributed by atoms with Gasteiger partial charge >= 0.3 is 0 Å². The summed E-state index contributed by atoms with van der Waals surface area (Å²) in [6.45, 7) is 2.77. The maximum Gasteiger partial charge on any atom is 0.250 e. The SMILES string of the molecule is Cc1ccc2c(c1)CCCN2C(=O)/C=C/c1ccc(S(=O)(=O)NC2CC2)cc1. The highest BCUT2D eigenvalue weighted by Crippen LogP contribution is 2.28. The highest BCUT2D eigenvalue weighted by atomic mass is 32.2. The third-order valence-electron chi connectivity index (χ3n) is 5.13. The summed E-state index contributed by atoms with van der Waals surface area (Å²) in [5, 5.41) is 0. The molecule has 0 saturated heterocycles. The van der Waals surface area contributed by atoms with Gasteiger partial charge in [-0.1, -0.05) is 29.8 Å². The summed E-state index contributed by atoms with van der Waals surface area (Å²) in [7, 11) is -3.45. The van der Waals surface area contributed by atoms with E-state index in [0.29, 0.717) is 6.54 Å². The number of sulfonamides is 1. The Bertz CT molecular complexity index is 1020. The van der Waals surface area contributed by atoms with Crippen molar-refractivity contribution in [2.24, 2.45) is 0 Å². The summed E-state index contributed by atoms with van der Waals surface area (Å²) in [5.41, 5.74) is 4.19. The Kier molecular flexibility index (Phi) is 5.08. The minimum absolute atomic E-state index is 0.0584. The quantitative estimate of drug-likeness (QED) is 0.788. The van der Waals surface area contributed by atoms with Crippen molar-refractivity contribution in [1.29, 1.82) is 0 Å². The van der Waals surface area contributed by atoms with Crippen molar-refractivity contribution in [1.82, 2.24) is 4.72 Å². The van der Waals surface area contributed by atoms with Gasteiger partial charge in [0.25, 0.3) is 5.91 Å². The summed E-state index contributed by atoms with van der Waals surface area (Å²) in [5.74, 6) is -0.0584. The molecular weight excluding hydrogens is 372 g/mol. The molecule has 1 fully saturated rings. The first-order chi connectivity index (χ1) is 13.4. The summed E-state index contributed by atoms with van der Waals surface area (Å²) < 4.78 is 27.1. The van der Waals surface area contributed by atoms with E-state index in [-0.39, 0.29) is 16.8 Å². The first kappa shape index (κ1) is 18.9. The fraction of sp³-hybridized carbons (Fsp3) is 0.318. The average molecular weight is 397 g/mol. The standard InChI is InChI=1S/C22H24N2O3S/c1-16-4-12-21-18(15-16)3-2-14-24(21)22(25)13-7-17-5-10-20(11-6-17)28(26,27)23-19-8-9-19/h4-7,10-13,15,19,23H,2-3,8-9,14H2,1H3/b13-7+. The zero-order valence-electron chi connectivity index (χ0n) is 15.9. The van der Waals surface area contributed by atoms with Gasteiger partial charge in [0.2, 0.25) is 10.0 Å². The number of hydrogen-bond acceptors (Lipinski definition) is 3. The minimum Gasteiger partial charge on any atom is -0.309 e. The molecule has 1 amide bonds. The predicted octanol–water partition coefficient (Wildman–Crippen LogP) is 3.43. The van der Waals surface area contributed by atoms with E-state index >= 15 is 0 Å². The average Bonchev–Trinajstić information content (AvgIpc) is 3.49. The van der Waals surface area contributed by atoms with Crippen molar-refractivity contribution >= 4 is 27.7 Å². The van der Waals surface area contributed by atoms with Crippen LogP contribution in [0.15, 0.2) is 53.4 Å². The highest BCUT2D eigenvalue weighted by molar-refractivity contribution is 7.89. The number of anilines is 1. The highest BCUT2D eigenvalue weighted by Gasteiger charge is 2.27. The van der Waals surface area contributed by atoms with Gasteiger partial charge in [0.05, 0.1) is 4.90 Å². The van der Waals surface area contributed by atoms with Crippen LogP contribution in [0.2, 0.25) is 0 Å². The molecule has 0 spiro atoms. The lowest BCUT2D eigenvalue weighted by Crippen LogP contribution is -2.34. The van der Waals surface area contributed by atoms with E-state index in [1.165, 1.54) is 11.1 Å². The number of aryl methyl sites for hydroxylation is 2. The van der Waals surface area contributed by atoms with Gasteiger partial charge in [0.15, 0.2) is 0 Å². The van der Waals surface area contributed by atoms with E-state index in [2.05, 4.69) is 17.7 Å². The monoisotopic (exact) mass is 396 g/mol. The van der Waals surface area contributed by atoms with Crippen LogP contribution >= 0.6 is 0 Å². The van der Waals surface area contributed by atoms with Crippen LogP contribution in [0.1, 0.15) is 36.0 Å². The van der Waals surface area contributed by atoms with Gasteiger partial charge in [-0.05, 0) is 68.0 Å². The Balaban J connectivity index is 1.47. The molecule has 0 atom stereocenters. The van der Waals surface area contributed by atoms with Crippen LogP contribution in [0.4, 0.5) is 5.69 Å². The van der Waals surface area contributed by atoms with Crippen LogP contribution < -0.4 is 9.62 Å². The number of carbonyl (C=O) groups is 1. The number of fused-ring (bicyclic) bond motifs is 1. The predicted molar refractivity (Wildman–Crippen MR) is 111 cm³/mol. The van der Waals surface area contributed by atoms with Crippen molar-refractivity contribution in [3.63, 3.8) is 0 Å². The van der Waals surface area contributed by atoms with Gasteiger partial charge in [0, 0.05) is 24.4 Å². The van der Waals surface area contributed by atoms with Crippen LogP contribution in [0, 0.1) is 6.92 Å². The van der Waals surface area contributed by atoms with E-state index in [1.54, 1.807) is 36.4 Å². The number of nitrogens with one attached hydrogen (secondary N) is 1. The number of amides is 1. The molecule has 0 radical (unpaired) electrons. The number of carbonyl (C=O) groups excluding carboxylic acids is 1. The van der Waals surface area contributed by atoms with Crippen LogP contribution in [0.25, 0.3) is 6.08 Å². The topological polar surface area (TPSA) is 66.5 Å². The van der Waals surface area contributed by atoms with Crippen molar-refractivity contribution in [3.05, 3.63) is 65.2 Å². The molecule has 146 valence electrons. The summed E-state index contributed by atoms with van der Waals surface area (Å²) in [6, 6.07) is 12.9. The molecule has 0 aromatic heterocycles. The van der Waals surface area contributed by atoms with Crippen molar-refractivity contribution in [2.75, 3.05) is 11.4 Å². The molecule has 5 nitrogen and oxygen atoms in total. The van der Waals surface area contributed by atoms with E-state index in [1.807, 2.05) is 17.0 Å². The van der Waals surface area contributed by atoms with Gasteiger partial charge in [-0.3, -0.25) is 4.79 Å². The second kappa shape index (κ2) is 7.53. The molecule has 1 saturated carbocycles. The first-order valence-corrected chi connectivity index (χ1v) is 11.1. The fourth-order valence-corrected chi connectivity index (χ4v) is 4.76. The maximum atomic E-state index is 12.7. The Morgan fingerprint density at radius 3 is 2.61 bits per heavy atom. The molecule has 2 aliphatic rings. The van der Waals surface area contributed by atoms with Crippen LogP contribution in [0.3, 0.4) is 0 Å². The lowest BCUT2D eigenvalue weighted by atomic mass is 9.99. The van der Waals surface area contributed by atoms with E-state index in [9.17, 15) is 13.2 Å². The third kappa shape index (κ3) is 4.18. The molecule has 1 heterocycles. The number of benzene rings is 2. The number of rotatable bonds is 5. The molecule has 6 heteroatoms. The molecule has 4 rings (SSSR count). The molecule has 2 aromatic rings. The zero-order valence-corrected chi connectivity index (χ0v) is 16.7. The smallest absolute Gasteiger partial charge is 0.250 e. The second-order valence-electron chi connectivity index (χ2n) is 7.52. The van der Waals surface area contributed by atoms with E-state index in [4.69, 9.17) is 0 Å². The Morgan fingerprint density at radius 1 is 1.14 bits per heavy atom. The van der Waals surface area contributed by atoms with Crippen molar-refractivity contribution in [2.45, 2.75) is 43.5 Å². The van der Waals surface area contributed by atoms with Gasteiger partial charge in [-0.2, -0.15) is 0 Å². The summed E-state index contributed by atoms with van der Waals surface area (Å²) >= 11 is 0. The Hall–Kier alpha value is -2.44. The molecule has 1 N–H and O–H groups in total. The lowest BCUT2D eigenvalue weighted by molar-refractivity contribution is -0.114. The van der Waals surface area contributed by atoms with Crippen molar-refractivity contribution in [3.8, 4) is 0 Å². The molecule has 0 bridgehead atoms. The van der Waals surface area contributed by atoms with Gasteiger partial charge in [0.1, 0.15) is 0 Å². The van der Waals surface area contributed by atoms with Gasteiger partial charge in [-0.15, -0.1) is 0 Å². The number of hydrogen-bond donors (Lipinski definition) is 1. The van der Waals surface area contributed by atoms with Crippen LogP contribution in [-0.2, 0) is 21.2 Å². The fourth-order valence-electron chi connectivity index (χ4n) is 3.46. The second-order valence-corrected chi connectivity index (χ2v) is 9.24. The number of nitrogens with zero attached hydrogens (tertiary/aromatic N) is 1. The maximum absolute atomic E-state index is 12.7. The molecule has 1 aliphatic heterocycles. The van der Waals surface area contributed by atoms with Crippen LogP contribution in [0.5, 0.6) is 0 Å². The Morgan fingerprint density at radius 2 is 1.89 bits per heavy atom. The van der Waals surface area contributed by atoms with E-state index in [0.717, 1.165) is 36.9 Å².